The molecule has 0 bridgehead atoms. The first kappa shape index (κ1) is 12.7. The van der Waals surface area contributed by atoms with Gasteiger partial charge in [-0.3, -0.25) is 4.98 Å². The number of nitrogens with zero attached hydrogens (tertiary/aromatic N) is 1. The zero-order valence-corrected chi connectivity index (χ0v) is 9.56. The van der Waals surface area contributed by atoms with Gasteiger partial charge in [0, 0.05) is 0 Å². The standard InChI is InChI=1S/C13H19NO2/c1-2-3-4-5-6-9-16-13-8-7-12(11-15)14-10-13/h2,7-8,10,15H,1,3-6,9,11H2. The molecule has 0 saturated heterocycles. The van der Waals surface area contributed by atoms with Crippen LogP contribution in [0.1, 0.15) is 31.4 Å². The SMILES string of the molecule is C=CCCCCCOc1ccc(CO)nc1. The third kappa shape index (κ3) is 4.94. The third-order valence-corrected chi connectivity index (χ3v) is 2.28. The molecule has 16 heavy (non-hydrogen) atoms. The largest absolute Gasteiger partial charge is 0.492 e. The van der Waals surface area contributed by atoms with Crippen LogP contribution in [-0.2, 0) is 6.61 Å². The summed E-state index contributed by atoms with van der Waals surface area (Å²) in [4.78, 5) is 4.04. The van der Waals surface area contributed by atoms with Crippen LogP contribution >= 0.6 is 0 Å². The van der Waals surface area contributed by atoms with Crippen LogP contribution in [0.15, 0.2) is 31.0 Å². The van der Waals surface area contributed by atoms with Crippen LogP contribution in [0.5, 0.6) is 5.75 Å². The number of aromatic nitrogens is 1. The van der Waals surface area contributed by atoms with Gasteiger partial charge in [-0.1, -0.05) is 6.08 Å². The van der Waals surface area contributed by atoms with Gasteiger partial charge in [0.1, 0.15) is 5.75 Å². The maximum Gasteiger partial charge on any atom is 0.137 e. The van der Waals surface area contributed by atoms with Gasteiger partial charge in [-0.05, 0) is 37.8 Å². The molecule has 1 rings (SSSR count). The van der Waals surface area contributed by atoms with Crippen molar-refractivity contribution in [1.29, 1.82) is 0 Å². The zero-order chi connectivity index (χ0) is 11.6. The lowest BCUT2D eigenvalue weighted by Gasteiger charge is -2.05. The first-order valence-corrected chi connectivity index (χ1v) is 5.66. The molecule has 3 heteroatoms. The first-order valence-electron chi connectivity index (χ1n) is 5.66. The fourth-order valence-corrected chi connectivity index (χ4v) is 1.35. The van der Waals surface area contributed by atoms with E-state index in [1.807, 2.05) is 12.1 Å². The van der Waals surface area contributed by atoms with E-state index in [1.165, 1.54) is 6.42 Å². The van der Waals surface area contributed by atoms with Gasteiger partial charge in [0.05, 0.1) is 25.1 Å². The summed E-state index contributed by atoms with van der Waals surface area (Å²) in [7, 11) is 0. The Bertz CT molecular complexity index is 295. The molecule has 0 aliphatic heterocycles. The summed E-state index contributed by atoms with van der Waals surface area (Å²) in [5.74, 6) is 0.765. The predicted molar refractivity (Wildman–Crippen MR) is 64.3 cm³/mol. The molecule has 1 heterocycles. The number of unbranched alkanes of at least 4 members (excludes halogenated alkanes) is 3. The van der Waals surface area contributed by atoms with Crippen molar-refractivity contribution < 1.29 is 9.84 Å². The number of hydrogen-bond acceptors (Lipinski definition) is 3. The van der Waals surface area contributed by atoms with E-state index in [0.29, 0.717) is 5.69 Å². The van der Waals surface area contributed by atoms with Crippen LogP contribution < -0.4 is 4.74 Å². The molecule has 0 unspecified atom stereocenters. The molecule has 0 aliphatic carbocycles. The van der Waals surface area contributed by atoms with E-state index < -0.39 is 0 Å². The van der Waals surface area contributed by atoms with E-state index in [9.17, 15) is 0 Å². The van der Waals surface area contributed by atoms with E-state index in [0.717, 1.165) is 31.6 Å². The minimum atomic E-state index is -0.0260. The fourth-order valence-electron chi connectivity index (χ4n) is 1.35. The summed E-state index contributed by atoms with van der Waals surface area (Å²) >= 11 is 0. The van der Waals surface area contributed by atoms with Crippen LogP contribution in [0, 0.1) is 0 Å². The second-order valence-electron chi connectivity index (χ2n) is 3.63. The minimum Gasteiger partial charge on any atom is -0.492 e. The second-order valence-corrected chi connectivity index (χ2v) is 3.63. The van der Waals surface area contributed by atoms with Crippen molar-refractivity contribution in [3.8, 4) is 5.75 Å². The van der Waals surface area contributed by atoms with Gasteiger partial charge in [0.2, 0.25) is 0 Å². The van der Waals surface area contributed by atoms with Crippen molar-refractivity contribution in [2.24, 2.45) is 0 Å². The van der Waals surface area contributed by atoms with E-state index >= 15 is 0 Å². The summed E-state index contributed by atoms with van der Waals surface area (Å²) in [5.41, 5.74) is 0.665. The lowest BCUT2D eigenvalue weighted by atomic mass is 10.2. The zero-order valence-electron chi connectivity index (χ0n) is 9.56. The maximum absolute atomic E-state index is 8.81. The van der Waals surface area contributed by atoms with Crippen molar-refractivity contribution in [1.82, 2.24) is 4.98 Å². The average Bonchev–Trinajstić information content (AvgIpc) is 2.34. The topological polar surface area (TPSA) is 42.4 Å². The summed E-state index contributed by atoms with van der Waals surface area (Å²) in [6.07, 6.45) is 8.05. The second kappa shape index (κ2) is 7.88. The Morgan fingerprint density at radius 2 is 2.19 bits per heavy atom. The smallest absolute Gasteiger partial charge is 0.137 e. The molecule has 0 amide bonds. The molecule has 0 radical (unpaired) electrons. The number of aliphatic hydroxyl groups is 1. The van der Waals surface area contributed by atoms with Crippen LogP contribution in [0.25, 0.3) is 0 Å². The lowest BCUT2D eigenvalue weighted by molar-refractivity contribution is 0.275. The molecule has 1 aromatic rings. The molecule has 0 saturated carbocycles. The fraction of sp³-hybridized carbons (Fsp3) is 0.462. The first-order chi connectivity index (χ1) is 7.86. The summed E-state index contributed by atoms with van der Waals surface area (Å²) in [5, 5.41) is 8.81. The molecule has 0 fully saturated rings. The number of rotatable bonds is 8. The van der Waals surface area contributed by atoms with Crippen molar-refractivity contribution in [3.63, 3.8) is 0 Å². The van der Waals surface area contributed by atoms with Gasteiger partial charge in [-0.15, -0.1) is 6.58 Å². The average molecular weight is 221 g/mol. The van der Waals surface area contributed by atoms with Gasteiger partial charge < -0.3 is 9.84 Å². The maximum atomic E-state index is 8.81. The van der Waals surface area contributed by atoms with E-state index in [-0.39, 0.29) is 6.61 Å². The molecule has 0 aliphatic rings. The molecule has 1 aromatic heterocycles. The Hall–Kier alpha value is -1.35. The Labute approximate surface area is 96.8 Å². The van der Waals surface area contributed by atoms with Crippen LogP contribution in [0.2, 0.25) is 0 Å². The minimum absolute atomic E-state index is 0.0260. The van der Waals surface area contributed by atoms with Crippen LogP contribution in [0.4, 0.5) is 0 Å². The lowest BCUT2D eigenvalue weighted by Crippen LogP contribution is -1.98. The summed E-state index contributed by atoms with van der Waals surface area (Å²) in [6.45, 7) is 4.38. The van der Waals surface area contributed by atoms with Crippen molar-refractivity contribution in [3.05, 3.63) is 36.7 Å². The normalized spacial score (nSPS) is 10.1. The Morgan fingerprint density at radius 1 is 1.31 bits per heavy atom. The van der Waals surface area contributed by atoms with Crippen LogP contribution in [-0.4, -0.2) is 16.7 Å². The Balaban J connectivity index is 2.14. The molecule has 1 N–H and O–H groups in total. The number of ether oxygens (including phenoxy) is 1. The van der Waals surface area contributed by atoms with E-state index in [2.05, 4.69) is 11.6 Å². The molecular weight excluding hydrogens is 202 g/mol. The molecule has 88 valence electrons. The highest BCUT2D eigenvalue weighted by Crippen LogP contribution is 2.10. The van der Waals surface area contributed by atoms with Gasteiger partial charge in [0.25, 0.3) is 0 Å². The number of allylic oxidation sites excluding steroid dienone is 1. The number of pyridine rings is 1. The van der Waals surface area contributed by atoms with Gasteiger partial charge >= 0.3 is 0 Å². The molecule has 0 atom stereocenters. The van der Waals surface area contributed by atoms with Gasteiger partial charge in [0.15, 0.2) is 0 Å². The molecule has 3 nitrogen and oxygen atoms in total. The monoisotopic (exact) mass is 221 g/mol. The molecule has 0 spiro atoms. The van der Waals surface area contributed by atoms with Gasteiger partial charge in [-0.2, -0.15) is 0 Å². The highest BCUT2D eigenvalue weighted by molar-refractivity contribution is 5.19. The highest BCUT2D eigenvalue weighted by atomic mass is 16.5. The van der Waals surface area contributed by atoms with Crippen molar-refractivity contribution >= 4 is 0 Å². The van der Waals surface area contributed by atoms with E-state index in [1.54, 1.807) is 12.3 Å². The number of aliphatic hydroxyl groups excluding tert-OH is 1. The predicted octanol–water partition coefficient (Wildman–Crippen LogP) is 2.70. The van der Waals surface area contributed by atoms with Crippen LogP contribution in [0.3, 0.4) is 0 Å². The molecule has 0 aromatic carbocycles. The van der Waals surface area contributed by atoms with Gasteiger partial charge in [-0.25, -0.2) is 0 Å². The van der Waals surface area contributed by atoms with E-state index in [4.69, 9.17) is 9.84 Å². The number of hydrogen-bond donors (Lipinski definition) is 1. The summed E-state index contributed by atoms with van der Waals surface area (Å²) in [6, 6.07) is 3.61. The Kier molecular flexibility index (Phi) is 6.26. The third-order valence-electron chi connectivity index (χ3n) is 2.28. The van der Waals surface area contributed by atoms with Crippen molar-refractivity contribution in [2.75, 3.05) is 6.61 Å². The quantitative estimate of drug-likeness (QED) is 0.542. The highest BCUT2D eigenvalue weighted by Gasteiger charge is 1.95. The molecular formula is C13H19NO2. The summed E-state index contributed by atoms with van der Waals surface area (Å²) < 4.78 is 5.52. The van der Waals surface area contributed by atoms with Crippen molar-refractivity contribution in [2.45, 2.75) is 32.3 Å². The Morgan fingerprint density at radius 3 is 2.81 bits per heavy atom.